The van der Waals surface area contributed by atoms with Crippen LogP contribution in [0.3, 0.4) is 0 Å². The van der Waals surface area contributed by atoms with Gasteiger partial charge in [0, 0.05) is 6.07 Å². The van der Waals surface area contributed by atoms with Crippen molar-refractivity contribution in [1.29, 1.82) is 0 Å². The molecule has 0 aliphatic rings. The highest BCUT2D eigenvalue weighted by atomic mass is 19.2. The van der Waals surface area contributed by atoms with Crippen molar-refractivity contribution in [3.05, 3.63) is 52.7 Å². The van der Waals surface area contributed by atoms with E-state index in [0.717, 1.165) is 6.07 Å². The number of nitrogens with zero attached hydrogens (tertiary/aromatic N) is 1. The number of carbonyl (C=O) groups excluding carboxylic acids is 1. The molecule has 1 N–H and O–H groups in total. The molecule has 2 rings (SSSR count). The van der Waals surface area contributed by atoms with Gasteiger partial charge < -0.3 is 9.84 Å². The molecular formula is C12H9F3N2O2. The Bertz CT molecular complexity index is 625. The molecule has 4 nitrogen and oxygen atoms in total. The smallest absolute Gasteiger partial charge is 0.254 e. The van der Waals surface area contributed by atoms with E-state index in [1.807, 2.05) is 0 Å². The summed E-state index contributed by atoms with van der Waals surface area (Å²) < 4.78 is 43.8. The van der Waals surface area contributed by atoms with Gasteiger partial charge in [-0.25, -0.2) is 13.2 Å². The van der Waals surface area contributed by atoms with Crippen molar-refractivity contribution in [1.82, 2.24) is 10.5 Å². The summed E-state index contributed by atoms with van der Waals surface area (Å²) in [5, 5.41) is 5.94. The molecule has 0 bridgehead atoms. The number of carbonyl (C=O) groups is 1. The fourth-order valence-corrected chi connectivity index (χ4v) is 1.47. The molecule has 19 heavy (non-hydrogen) atoms. The first kappa shape index (κ1) is 13.1. The average molecular weight is 270 g/mol. The molecule has 0 fully saturated rings. The Morgan fingerprint density at radius 3 is 2.68 bits per heavy atom. The van der Waals surface area contributed by atoms with Crippen LogP contribution in [0.1, 0.15) is 21.8 Å². The number of rotatable bonds is 3. The SMILES string of the molecule is Cc1cc(CNC(=O)c2ccc(F)c(F)c2F)no1. The first-order chi connectivity index (χ1) is 8.99. The Hall–Kier alpha value is -2.31. The van der Waals surface area contributed by atoms with Gasteiger partial charge in [0.15, 0.2) is 17.5 Å². The number of nitrogens with one attached hydrogen (secondary N) is 1. The van der Waals surface area contributed by atoms with Crippen molar-refractivity contribution in [3.63, 3.8) is 0 Å². The predicted octanol–water partition coefficient (Wildman–Crippen LogP) is 2.33. The summed E-state index contributed by atoms with van der Waals surface area (Å²) >= 11 is 0. The third-order valence-electron chi connectivity index (χ3n) is 2.39. The molecular weight excluding hydrogens is 261 g/mol. The summed E-state index contributed by atoms with van der Waals surface area (Å²) in [7, 11) is 0. The monoisotopic (exact) mass is 270 g/mol. The van der Waals surface area contributed by atoms with E-state index in [2.05, 4.69) is 10.5 Å². The van der Waals surface area contributed by atoms with Gasteiger partial charge in [0.1, 0.15) is 11.5 Å². The van der Waals surface area contributed by atoms with Crippen molar-refractivity contribution in [2.45, 2.75) is 13.5 Å². The maximum absolute atomic E-state index is 13.3. The predicted molar refractivity (Wildman–Crippen MR) is 58.7 cm³/mol. The number of hydrogen-bond acceptors (Lipinski definition) is 3. The number of hydrogen-bond donors (Lipinski definition) is 1. The summed E-state index contributed by atoms with van der Waals surface area (Å²) in [6.07, 6.45) is 0. The van der Waals surface area contributed by atoms with Crippen LogP contribution in [0.4, 0.5) is 13.2 Å². The Labute approximate surface area is 106 Å². The second kappa shape index (κ2) is 5.13. The van der Waals surface area contributed by atoms with Crippen LogP contribution in [0, 0.1) is 24.4 Å². The number of aryl methyl sites for hydroxylation is 1. The lowest BCUT2D eigenvalue weighted by molar-refractivity contribution is 0.0944. The number of halogens is 3. The molecule has 1 heterocycles. The number of amides is 1. The lowest BCUT2D eigenvalue weighted by atomic mass is 10.2. The highest BCUT2D eigenvalue weighted by molar-refractivity contribution is 5.94. The Balaban J connectivity index is 2.10. The lowest BCUT2D eigenvalue weighted by Gasteiger charge is -2.05. The molecule has 0 saturated carbocycles. The van der Waals surface area contributed by atoms with E-state index in [-0.39, 0.29) is 6.54 Å². The zero-order valence-electron chi connectivity index (χ0n) is 9.84. The third kappa shape index (κ3) is 2.75. The second-order valence-corrected chi connectivity index (χ2v) is 3.83. The number of aromatic nitrogens is 1. The zero-order valence-corrected chi connectivity index (χ0v) is 9.84. The molecule has 7 heteroatoms. The first-order valence-corrected chi connectivity index (χ1v) is 5.33. The van der Waals surface area contributed by atoms with Crippen molar-refractivity contribution in [3.8, 4) is 0 Å². The van der Waals surface area contributed by atoms with E-state index >= 15 is 0 Å². The maximum Gasteiger partial charge on any atom is 0.254 e. The van der Waals surface area contributed by atoms with E-state index in [0.29, 0.717) is 17.5 Å². The largest absolute Gasteiger partial charge is 0.361 e. The average Bonchev–Trinajstić information content (AvgIpc) is 2.79. The molecule has 1 aromatic heterocycles. The van der Waals surface area contributed by atoms with E-state index in [1.165, 1.54) is 0 Å². The van der Waals surface area contributed by atoms with E-state index < -0.39 is 28.9 Å². The minimum atomic E-state index is -1.68. The fourth-order valence-electron chi connectivity index (χ4n) is 1.47. The van der Waals surface area contributed by atoms with Gasteiger partial charge in [0.05, 0.1) is 12.1 Å². The van der Waals surface area contributed by atoms with E-state index in [4.69, 9.17) is 4.52 Å². The van der Waals surface area contributed by atoms with Crippen LogP contribution in [0.15, 0.2) is 22.7 Å². The molecule has 0 atom stereocenters. The first-order valence-electron chi connectivity index (χ1n) is 5.33. The normalized spacial score (nSPS) is 10.5. The quantitative estimate of drug-likeness (QED) is 0.871. The van der Waals surface area contributed by atoms with Crippen molar-refractivity contribution >= 4 is 5.91 Å². The highest BCUT2D eigenvalue weighted by Gasteiger charge is 2.18. The molecule has 0 spiro atoms. The van der Waals surface area contributed by atoms with Crippen LogP contribution >= 0.6 is 0 Å². The molecule has 0 unspecified atom stereocenters. The van der Waals surface area contributed by atoms with Gasteiger partial charge in [-0.1, -0.05) is 5.16 Å². The molecule has 0 radical (unpaired) electrons. The molecule has 0 saturated heterocycles. The zero-order chi connectivity index (χ0) is 14.0. The third-order valence-corrected chi connectivity index (χ3v) is 2.39. The van der Waals surface area contributed by atoms with Gasteiger partial charge in [0.25, 0.3) is 5.91 Å². The van der Waals surface area contributed by atoms with Gasteiger partial charge >= 0.3 is 0 Å². The Kier molecular flexibility index (Phi) is 3.55. The van der Waals surface area contributed by atoms with Crippen LogP contribution in [-0.4, -0.2) is 11.1 Å². The summed E-state index contributed by atoms with van der Waals surface area (Å²) in [4.78, 5) is 11.6. The lowest BCUT2D eigenvalue weighted by Crippen LogP contribution is -2.24. The molecule has 0 aliphatic carbocycles. The second-order valence-electron chi connectivity index (χ2n) is 3.83. The van der Waals surface area contributed by atoms with Crippen molar-refractivity contribution in [2.24, 2.45) is 0 Å². The number of benzene rings is 1. The van der Waals surface area contributed by atoms with Crippen LogP contribution in [0.25, 0.3) is 0 Å². The molecule has 100 valence electrons. The van der Waals surface area contributed by atoms with Gasteiger partial charge in [-0.15, -0.1) is 0 Å². The summed E-state index contributed by atoms with van der Waals surface area (Å²) in [5.41, 5.74) is -0.132. The van der Waals surface area contributed by atoms with Gasteiger partial charge in [0.2, 0.25) is 0 Å². The highest BCUT2D eigenvalue weighted by Crippen LogP contribution is 2.15. The summed E-state index contributed by atoms with van der Waals surface area (Å²) in [6, 6.07) is 3.15. The Morgan fingerprint density at radius 2 is 2.05 bits per heavy atom. The molecule has 2 aromatic rings. The molecule has 1 aromatic carbocycles. The van der Waals surface area contributed by atoms with Gasteiger partial charge in [-0.3, -0.25) is 4.79 Å². The van der Waals surface area contributed by atoms with E-state index in [1.54, 1.807) is 13.0 Å². The van der Waals surface area contributed by atoms with Crippen LogP contribution < -0.4 is 5.32 Å². The summed E-state index contributed by atoms with van der Waals surface area (Å²) in [6.45, 7) is 1.67. The van der Waals surface area contributed by atoms with Gasteiger partial charge in [-0.2, -0.15) is 0 Å². The van der Waals surface area contributed by atoms with Crippen LogP contribution in [-0.2, 0) is 6.54 Å². The van der Waals surface area contributed by atoms with Crippen molar-refractivity contribution < 1.29 is 22.5 Å². The van der Waals surface area contributed by atoms with Gasteiger partial charge in [-0.05, 0) is 19.1 Å². The molecule has 0 aliphatic heterocycles. The fraction of sp³-hybridized carbons (Fsp3) is 0.167. The minimum Gasteiger partial charge on any atom is -0.361 e. The maximum atomic E-state index is 13.3. The van der Waals surface area contributed by atoms with Crippen LogP contribution in [0.5, 0.6) is 0 Å². The Morgan fingerprint density at radius 1 is 1.32 bits per heavy atom. The van der Waals surface area contributed by atoms with E-state index in [9.17, 15) is 18.0 Å². The standard InChI is InChI=1S/C12H9F3N2O2/c1-6-4-7(17-19-6)5-16-12(18)8-2-3-9(13)11(15)10(8)14/h2-4H,5H2,1H3,(H,16,18). The minimum absolute atomic E-state index is 0.00535. The molecule has 1 amide bonds. The van der Waals surface area contributed by atoms with Crippen LogP contribution in [0.2, 0.25) is 0 Å². The topological polar surface area (TPSA) is 55.1 Å². The van der Waals surface area contributed by atoms with Crippen molar-refractivity contribution in [2.75, 3.05) is 0 Å². The summed E-state index contributed by atoms with van der Waals surface area (Å²) in [5.74, 6) is -4.85.